The van der Waals surface area contributed by atoms with Crippen molar-refractivity contribution >= 4 is 11.6 Å². The van der Waals surface area contributed by atoms with Crippen LogP contribution in [0.4, 0.5) is 0 Å². The van der Waals surface area contributed by atoms with E-state index in [2.05, 4.69) is 18.3 Å². The number of hydrogen-bond donors (Lipinski definition) is 1. The zero-order chi connectivity index (χ0) is 13.3. The lowest BCUT2D eigenvalue weighted by molar-refractivity contribution is 0.00413. The first-order valence-corrected chi connectivity index (χ1v) is 7.67. The quantitative estimate of drug-likeness (QED) is 0.840. The number of ether oxygens (including phenoxy) is 1. The van der Waals surface area contributed by atoms with Crippen molar-refractivity contribution in [2.24, 2.45) is 5.41 Å². The molecule has 2 fully saturated rings. The Morgan fingerprint density at radius 2 is 2.11 bits per heavy atom. The van der Waals surface area contributed by atoms with E-state index in [1.807, 2.05) is 18.2 Å². The van der Waals surface area contributed by atoms with Crippen LogP contribution >= 0.6 is 11.6 Å². The Labute approximate surface area is 120 Å². The third-order valence-corrected chi connectivity index (χ3v) is 4.90. The van der Waals surface area contributed by atoms with Crippen LogP contribution in [0.25, 0.3) is 0 Å². The molecule has 0 bridgehead atoms. The molecule has 2 nitrogen and oxygen atoms in total. The van der Waals surface area contributed by atoms with E-state index in [4.69, 9.17) is 16.3 Å². The van der Waals surface area contributed by atoms with E-state index in [1.54, 1.807) is 0 Å². The molecule has 0 amide bonds. The lowest BCUT2D eigenvalue weighted by atomic mass is 9.87. The number of nitrogens with one attached hydrogen (secondary N) is 1. The van der Waals surface area contributed by atoms with Crippen molar-refractivity contribution in [3.63, 3.8) is 0 Å². The van der Waals surface area contributed by atoms with Gasteiger partial charge < -0.3 is 10.1 Å². The Bertz CT molecular complexity index is 442. The van der Waals surface area contributed by atoms with Crippen molar-refractivity contribution in [1.82, 2.24) is 5.32 Å². The Morgan fingerprint density at radius 3 is 2.84 bits per heavy atom. The third-order valence-electron chi connectivity index (χ3n) is 4.66. The fraction of sp³-hybridized carbons (Fsp3) is 0.625. The molecule has 1 aromatic rings. The van der Waals surface area contributed by atoms with Crippen LogP contribution in [0.3, 0.4) is 0 Å². The summed E-state index contributed by atoms with van der Waals surface area (Å²) in [6.07, 6.45) is 5.41. The van der Waals surface area contributed by atoms with Gasteiger partial charge in [-0.3, -0.25) is 0 Å². The van der Waals surface area contributed by atoms with Crippen LogP contribution in [0.2, 0.25) is 5.02 Å². The molecule has 1 N–H and O–H groups in total. The lowest BCUT2D eigenvalue weighted by Gasteiger charge is -2.26. The summed E-state index contributed by atoms with van der Waals surface area (Å²) in [6.45, 7) is 4.17. The molecule has 1 aromatic carbocycles. The highest BCUT2D eigenvalue weighted by atomic mass is 35.5. The summed E-state index contributed by atoms with van der Waals surface area (Å²) < 4.78 is 6.27. The molecule has 1 saturated carbocycles. The van der Waals surface area contributed by atoms with Crippen LogP contribution < -0.4 is 5.32 Å². The van der Waals surface area contributed by atoms with Crippen LogP contribution in [0.5, 0.6) is 0 Å². The van der Waals surface area contributed by atoms with Crippen molar-refractivity contribution in [3.05, 3.63) is 34.9 Å². The van der Waals surface area contributed by atoms with E-state index >= 15 is 0 Å². The highest BCUT2D eigenvalue weighted by molar-refractivity contribution is 6.30. The van der Waals surface area contributed by atoms with Crippen molar-refractivity contribution in [2.75, 3.05) is 13.2 Å². The molecule has 1 saturated heterocycles. The van der Waals surface area contributed by atoms with Crippen molar-refractivity contribution in [3.8, 4) is 0 Å². The molecule has 104 valence electrons. The topological polar surface area (TPSA) is 21.3 Å². The molecule has 0 radical (unpaired) electrons. The second kappa shape index (κ2) is 5.43. The number of rotatable bonds is 1. The molecule has 1 aliphatic carbocycles. The summed E-state index contributed by atoms with van der Waals surface area (Å²) >= 11 is 6.10. The number of benzene rings is 1. The fourth-order valence-electron chi connectivity index (χ4n) is 3.46. The van der Waals surface area contributed by atoms with Gasteiger partial charge in [-0.1, -0.05) is 36.6 Å². The second-order valence-electron chi connectivity index (χ2n) is 6.16. The molecule has 2 unspecified atom stereocenters. The predicted octanol–water partition coefficient (Wildman–Crippen LogP) is 3.95. The minimum Gasteiger partial charge on any atom is -0.371 e. The van der Waals surface area contributed by atoms with Gasteiger partial charge >= 0.3 is 0 Å². The maximum absolute atomic E-state index is 6.27. The summed E-state index contributed by atoms with van der Waals surface area (Å²) in [5.74, 6) is 0. The van der Waals surface area contributed by atoms with Gasteiger partial charge in [-0.25, -0.2) is 0 Å². The molecule has 19 heavy (non-hydrogen) atoms. The van der Waals surface area contributed by atoms with Crippen molar-refractivity contribution in [1.29, 1.82) is 0 Å². The highest BCUT2D eigenvalue weighted by Gasteiger charge is 2.38. The molecule has 3 heteroatoms. The monoisotopic (exact) mass is 279 g/mol. The summed E-state index contributed by atoms with van der Waals surface area (Å²) in [5, 5.41) is 4.46. The van der Waals surface area contributed by atoms with Gasteiger partial charge in [0.25, 0.3) is 0 Å². The minimum atomic E-state index is 0.110. The van der Waals surface area contributed by atoms with Gasteiger partial charge in [-0.2, -0.15) is 0 Å². The zero-order valence-corrected chi connectivity index (χ0v) is 12.2. The zero-order valence-electron chi connectivity index (χ0n) is 11.5. The molecular weight excluding hydrogens is 258 g/mol. The Kier molecular flexibility index (Phi) is 3.84. The van der Waals surface area contributed by atoms with Gasteiger partial charge in [-0.15, -0.1) is 0 Å². The van der Waals surface area contributed by atoms with Crippen LogP contribution in [0.15, 0.2) is 24.3 Å². The standard InChI is InChI=1S/C16H22ClNO/c1-12-15(13-5-4-6-14(17)9-13)19-11-16(10-18-12)7-2-3-8-16/h4-6,9,12,15,18H,2-3,7-8,10-11H2,1H3. The molecule has 1 heterocycles. The van der Waals surface area contributed by atoms with Gasteiger partial charge in [-0.05, 0) is 37.5 Å². The number of hydrogen-bond acceptors (Lipinski definition) is 2. The summed E-state index contributed by atoms with van der Waals surface area (Å²) in [7, 11) is 0. The number of halogens is 1. The van der Waals surface area contributed by atoms with Crippen molar-refractivity contribution < 1.29 is 4.74 Å². The third kappa shape index (κ3) is 2.81. The van der Waals surface area contributed by atoms with E-state index in [0.717, 1.165) is 18.2 Å². The van der Waals surface area contributed by atoms with E-state index in [-0.39, 0.29) is 6.10 Å². The van der Waals surface area contributed by atoms with E-state index in [9.17, 15) is 0 Å². The van der Waals surface area contributed by atoms with E-state index < -0.39 is 0 Å². The SMILES string of the molecule is CC1NCC2(CCCC2)COC1c1cccc(Cl)c1. The molecule has 1 aliphatic heterocycles. The first-order valence-electron chi connectivity index (χ1n) is 7.29. The van der Waals surface area contributed by atoms with Crippen LogP contribution in [-0.4, -0.2) is 19.2 Å². The van der Waals surface area contributed by atoms with Crippen LogP contribution in [-0.2, 0) is 4.74 Å². The summed E-state index contributed by atoms with van der Waals surface area (Å²) in [6, 6.07) is 8.39. The fourth-order valence-corrected chi connectivity index (χ4v) is 3.66. The average molecular weight is 280 g/mol. The Morgan fingerprint density at radius 1 is 1.32 bits per heavy atom. The van der Waals surface area contributed by atoms with Crippen molar-refractivity contribution in [2.45, 2.75) is 44.8 Å². The smallest absolute Gasteiger partial charge is 0.0975 e. The van der Waals surface area contributed by atoms with Gasteiger partial charge in [0.2, 0.25) is 0 Å². The maximum Gasteiger partial charge on any atom is 0.0975 e. The Balaban J connectivity index is 1.79. The second-order valence-corrected chi connectivity index (χ2v) is 6.60. The summed E-state index contributed by atoms with van der Waals surface area (Å²) in [4.78, 5) is 0. The summed E-state index contributed by atoms with van der Waals surface area (Å²) in [5.41, 5.74) is 1.56. The molecule has 0 aromatic heterocycles. The first kappa shape index (κ1) is 13.4. The Hall–Kier alpha value is -0.570. The lowest BCUT2D eigenvalue weighted by Crippen LogP contribution is -2.36. The first-order chi connectivity index (χ1) is 9.19. The normalized spacial score (nSPS) is 30.4. The molecular formula is C16H22ClNO. The van der Waals surface area contributed by atoms with Gasteiger partial charge in [0.05, 0.1) is 12.7 Å². The molecule has 3 rings (SSSR count). The van der Waals surface area contributed by atoms with Crippen LogP contribution in [0, 0.1) is 5.41 Å². The predicted molar refractivity (Wildman–Crippen MR) is 78.5 cm³/mol. The average Bonchev–Trinajstić information content (AvgIpc) is 2.79. The molecule has 1 spiro atoms. The molecule has 2 aliphatic rings. The highest BCUT2D eigenvalue weighted by Crippen LogP contribution is 2.41. The van der Waals surface area contributed by atoms with E-state index in [0.29, 0.717) is 11.5 Å². The van der Waals surface area contributed by atoms with Gasteiger partial charge in [0, 0.05) is 23.0 Å². The maximum atomic E-state index is 6.27. The van der Waals surface area contributed by atoms with Gasteiger partial charge in [0.1, 0.15) is 0 Å². The molecule has 2 atom stereocenters. The minimum absolute atomic E-state index is 0.110. The van der Waals surface area contributed by atoms with Gasteiger partial charge in [0.15, 0.2) is 0 Å². The largest absolute Gasteiger partial charge is 0.371 e. The van der Waals surface area contributed by atoms with E-state index in [1.165, 1.54) is 31.2 Å². The van der Waals surface area contributed by atoms with Crippen LogP contribution in [0.1, 0.15) is 44.3 Å².